The van der Waals surface area contributed by atoms with Gasteiger partial charge in [0, 0.05) is 11.4 Å². The van der Waals surface area contributed by atoms with Crippen LogP contribution in [0, 0.1) is 0 Å². The smallest absolute Gasteiger partial charge is 0.145 e. The van der Waals surface area contributed by atoms with E-state index in [-0.39, 0.29) is 6.10 Å². The molecule has 1 unspecified atom stereocenters. The van der Waals surface area contributed by atoms with Crippen molar-refractivity contribution in [1.29, 1.82) is 0 Å². The highest BCUT2D eigenvalue weighted by Crippen LogP contribution is 2.33. The van der Waals surface area contributed by atoms with Gasteiger partial charge in [0.1, 0.15) is 11.9 Å². The highest BCUT2D eigenvalue weighted by molar-refractivity contribution is 7.10. The van der Waals surface area contributed by atoms with Crippen LogP contribution < -0.4 is 10.5 Å². The van der Waals surface area contributed by atoms with E-state index in [0.717, 1.165) is 12.2 Å². The van der Waals surface area contributed by atoms with Crippen molar-refractivity contribution < 1.29 is 4.74 Å². The van der Waals surface area contributed by atoms with Gasteiger partial charge in [-0.3, -0.25) is 0 Å². The molecule has 0 bridgehead atoms. The van der Waals surface area contributed by atoms with Gasteiger partial charge < -0.3 is 10.5 Å². The van der Waals surface area contributed by atoms with Gasteiger partial charge in [0.05, 0.1) is 0 Å². The third kappa shape index (κ3) is 2.67. The number of rotatable bonds is 4. The summed E-state index contributed by atoms with van der Waals surface area (Å²) in [4.78, 5) is 1.20. The number of hydrogen-bond acceptors (Lipinski definition) is 3. The average Bonchev–Trinajstić information content (AvgIpc) is 2.99. The van der Waals surface area contributed by atoms with Crippen molar-refractivity contribution in [3.05, 3.63) is 51.7 Å². The summed E-state index contributed by atoms with van der Waals surface area (Å²) in [5.74, 6) is 1.03. The van der Waals surface area contributed by atoms with E-state index >= 15 is 0 Å². The van der Waals surface area contributed by atoms with E-state index < -0.39 is 0 Å². The van der Waals surface area contributed by atoms with E-state index in [0.29, 0.717) is 6.54 Å². The maximum atomic E-state index is 6.19. The van der Waals surface area contributed by atoms with Crippen LogP contribution in [-0.4, -0.2) is 6.54 Å². The minimum atomic E-state index is -0.0200. The zero-order chi connectivity index (χ0) is 13.1. The van der Waals surface area contributed by atoms with Crippen LogP contribution in [0.4, 0.5) is 0 Å². The lowest BCUT2D eigenvalue weighted by molar-refractivity contribution is 0.215. The van der Waals surface area contributed by atoms with Crippen LogP contribution in [0.25, 0.3) is 0 Å². The van der Waals surface area contributed by atoms with E-state index in [1.54, 1.807) is 11.3 Å². The van der Waals surface area contributed by atoms with Crippen LogP contribution >= 0.6 is 11.3 Å². The van der Waals surface area contributed by atoms with E-state index in [4.69, 9.17) is 10.5 Å². The minimum Gasteiger partial charge on any atom is -0.483 e. The van der Waals surface area contributed by atoms with Crippen molar-refractivity contribution in [1.82, 2.24) is 0 Å². The summed E-state index contributed by atoms with van der Waals surface area (Å²) in [5.41, 5.74) is 8.71. The molecule has 3 rings (SSSR count). The first-order valence-electron chi connectivity index (χ1n) is 6.89. The lowest BCUT2D eigenvalue weighted by Crippen LogP contribution is -2.18. The number of nitrogens with two attached hydrogens (primary N) is 1. The molecule has 19 heavy (non-hydrogen) atoms. The Hall–Kier alpha value is -1.32. The van der Waals surface area contributed by atoms with Gasteiger partial charge >= 0.3 is 0 Å². The van der Waals surface area contributed by atoms with Crippen LogP contribution in [-0.2, 0) is 12.8 Å². The number of hydrogen-bond donors (Lipinski definition) is 1. The van der Waals surface area contributed by atoms with Crippen LogP contribution in [0.3, 0.4) is 0 Å². The van der Waals surface area contributed by atoms with Gasteiger partial charge in [-0.1, -0.05) is 18.2 Å². The molecule has 1 aliphatic rings. The van der Waals surface area contributed by atoms with Crippen LogP contribution in [0.15, 0.2) is 35.7 Å². The summed E-state index contributed by atoms with van der Waals surface area (Å²) in [6, 6.07) is 10.6. The Balaban J connectivity index is 1.86. The van der Waals surface area contributed by atoms with Gasteiger partial charge in [-0.15, -0.1) is 11.3 Å². The fourth-order valence-corrected chi connectivity index (χ4v) is 3.47. The van der Waals surface area contributed by atoms with Gasteiger partial charge in [0.2, 0.25) is 0 Å². The number of fused-ring (bicyclic) bond motifs is 1. The Labute approximate surface area is 118 Å². The molecule has 0 spiro atoms. The van der Waals surface area contributed by atoms with Crippen molar-refractivity contribution >= 4 is 11.3 Å². The van der Waals surface area contributed by atoms with Crippen molar-refractivity contribution in [3.63, 3.8) is 0 Å². The maximum absolute atomic E-state index is 6.19. The Kier molecular flexibility index (Phi) is 3.85. The summed E-state index contributed by atoms with van der Waals surface area (Å²) in [7, 11) is 0. The first kappa shape index (κ1) is 12.7. The second-order valence-electron chi connectivity index (χ2n) is 4.96. The van der Waals surface area contributed by atoms with Crippen molar-refractivity contribution in [2.24, 2.45) is 5.73 Å². The Morgan fingerprint density at radius 2 is 2.05 bits per heavy atom. The summed E-state index contributed by atoms with van der Waals surface area (Å²) < 4.78 is 6.19. The molecule has 1 aliphatic carbocycles. The molecule has 0 saturated heterocycles. The molecular weight excluding hydrogens is 254 g/mol. The molecule has 1 atom stereocenters. The fourth-order valence-electron chi connectivity index (χ4n) is 2.71. The van der Waals surface area contributed by atoms with Gasteiger partial charge in [-0.2, -0.15) is 0 Å². The normalized spacial score (nSPS) is 15.8. The van der Waals surface area contributed by atoms with Crippen molar-refractivity contribution in [3.8, 4) is 5.75 Å². The number of benzene rings is 1. The molecule has 2 nitrogen and oxygen atoms in total. The summed E-state index contributed by atoms with van der Waals surface area (Å²) in [5, 5.41) is 2.07. The molecule has 1 aromatic heterocycles. The highest BCUT2D eigenvalue weighted by atomic mass is 32.1. The molecule has 100 valence electrons. The van der Waals surface area contributed by atoms with Crippen LogP contribution in [0.2, 0.25) is 0 Å². The zero-order valence-electron chi connectivity index (χ0n) is 11.0. The maximum Gasteiger partial charge on any atom is 0.145 e. The molecule has 0 radical (unpaired) electrons. The lowest BCUT2D eigenvalue weighted by Gasteiger charge is -2.23. The van der Waals surface area contributed by atoms with Crippen molar-refractivity contribution in [2.75, 3.05) is 6.54 Å². The first-order chi connectivity index (χ1) is 9.38. The van der Waals surface area contributed by atoms with Crippen LogP contribution in [0.1, 0.15) is 34.9 Å². The van der Waals surface area contributed by atoms with Gasteiger partial charge in [0.25, 0.3) is 0 Å². The molecule has 0 saturated carbocycles. The molecule has 2 N–H and O–H groups in total. The molecule has 1 heterocycles. The standard InChI is InChI=1S/C16H19NOS/c17-11-15(16-9-4-10-19-16)18-14-8-3-6-12-5-1-2-7-13(12)14/h3-4,6,8-10,15H,1-2,5,7,11,17H2. The molecule has 3 heteroatoms. The first-order valence-corrected chi connectivity index (χ1v) is 7.77. The predicted molar refractivity (Wildman–Crippen MR) is 79.8 cm³/mol. The summed E-state index contributed by atoms with van der Waals surface area (Å²) in [6.07, 6.45) is 4.85. The van der Waals surface area contributed by atoms with E-state index in [1.807, 2.05) is 6.07 Å². The molecule has 0 aliphatic heterocycles. The van der Waals surface area contributed by atoms with E-state index in [2.05, 4.69) is 29.6 Å². The Morgan fingerprint density at radius 1 is 1.16 bits per heavy atom. The molecule has 1 aromatic carbocycles. The fraction of sp³-hybridized carbons (Fsp3) is 0.375. The Bertz CT molecular complexity index is 536. The van der Waals surface area contributed by atoms with Crippen molar-refractivity contribution in [2.45, 2.75) is 31.8 Å². The SMILES string of the molecule is NCC(Oc1cccc2c1CCCC2)c1cccs1. The second kappa shape index (κ2) is 5.76. The van der Waals surface area contributed by atoms with E-state index in [9.17, 15) is 0 Å². The van der Waals surface area contributed by atoms with E-state index in [1.165, 1.54) is 35.3 Å². The molecule has 0 fully saturated rings. The molecule has 2 aromatic rings. The lowest BCUT2D eigenvalue weighted by atomic mass is 9.91. The average molecular weight is 273 g/mol. The molecule has 0 amide bonds. The topological polar surface area (TPSA) is 35.2 Å². The quantitative estimate of drug-likeness (QED) is 0.921. The monoisotopic (exact) mass is 273 g/mol. The largest absolute Gasteiger partial charge is 0.483 e. The minimum absolute atomic E-state index is 0.0200. The number of ether oxygens (including phenoxy) is 1. The number of thiophene rings is 1. The summed E-state index contributed by atoms with van der Waals surface area (Å²) in [6.45, 7) is 0.518. The summed E-state index contributed by atoms with van der Waals surface area (Å²) >= 11 is 1.71. The highest BCUT2D eigenvalue weighted by Gasteiger charge is 2.18. The van der Waals surface area contributed by atoms with Gasteiger partial charge in [-0.05, 0) is 54.3 Å². The predicted octanol–water partition coefficient (Wildman–Crippen LogP) is 3.71. The zero-order valence-corrected chi connectivity index (χ0v) is 11.8. The third-order valence-electron chi connectivity index (χ3n) is 3.70. The van der Waals surface area contributed by atoms with Gasteiger partial charge in [-0.25, -0.2) is 0 Å². The van der Waals surface area contributed by atoms with Gasteiger partial charge in [0.15, 0.2) is 0 Å². The number of aryl methyl sites for hydroxylation is 1. The Morgan fingerprint density at radius 3 is 2.84 bits per heavy atom. The molecular formula is C16H19NOS. The second-order valence-corrected chi connectivity index (χ2v) is 5.94. The third-order valence-corrected chi connectivity index (χ3v) is 4.66. The van der Waals surface area contributed by atoms with Crippen LogP contribution in [0.5, 0.6) is 5.75 Å².